The summed E-state index contributed by atoms with van der Waals surface area (Å²) >= 11 is 0. The summed E-state index contributed by atoms with van der Waals surface area (Å²) in [6, 6.07) is 4.50. The van der Waals surface area contributed by atoms with Gasteiger partial charge in [-0.1, -0.05) is 0 Å². The maximum atomic E-state index is 14.6. The largest absolute Gasteiger partial charge is 0.451 e. The fraction of sp³-hybridized carbons (Fsp3) is 0.292. The molecule has 2 aromatic heterocycles. The van der Waals surface area contributed by atoms with Crippen molar-refractivity contribution < 1.29 is 35.2 Å². The molecule has 0 spiro atoms. The van der Waals surface area contributed by atoms with E-state index >= 15 is 0 Å². The average Bonchev–Trinajstić information content (AvgIpc) is 3.21. The second-order valence-corrected chi connectivity index (χ2v) is 10.5. The van der Waals surface area contributed by atoms with Crippen LogP contribution >= 0.6 is 0 Å². The number of hydrogen-bond donors (Lipinski definition) is 1. The van der Waals surface area contributed by atoms with Crippen molar-refractivity contribution in [3.8, 4) is 17.3 Å². The lowest BCUT2D eigenvalue weighted by molar-refractivity contribution is -0.145. The number of carbonyl (C=O) groups is 1. The molecule has 39 heavy (non-hydrogen) atoms. The lowest BCUT2D eigenvalue weighted by atomic mass is 10.1. The number of sulfonamides is 1. The van der Waals surface area contributed by atoms with E-state index in [1.807, 2.05) is 6.07 Å². The summed E-state index contributed by atoms with van der Waals surface area (Å²) in [7, 11) is -4.37. The number of halogens is 5. The van der Waals surface area contributed by atoms with E-state index in [0.717, 1.165) is 47.2 Å². The summed E-state index contributed by atoms with van der Waals surface area (Å²) in [5.74, 6) is -2.86. The number of hydrogen-bond acceptors (Lipinski definition) is 7. The predicted octanol–water partition coefficient (Wildman–Crippen LogP) is 3.37. The number of rotatable bonds is 6. The van der Waals surface area contributed by atoms with Gasteiger partial charge in [0.05, 0.1) is 22.2 Å². The first-order valence-corrected chi connectivity index (χ1v) is 12.8. The third-order valence-corrected chi connectivity index (χ3v) is 8.15. The highest BCUT2D eigenvalue weighted by Crippen LogP contribution is 2.33. The molecule has 3 heterocycles. The van der Waals surface area contributed by atoms with Crippen LogP contribution < -0.4 is 5.32 Å². The van der Waals surface area contributed by atoms with E-state index in [0.29, 0.717) is 0 Å². The topological polar surface area (TPSA) is 129 Å². The lowest BCUT2D eigenvalue weighted by Gasteiger charge is -2.27. The molecule has 204 valence electrons. The van der Waals surface area contributed by atoms with Crippen molar-refractivity contribution in [2.24, 2.45) is 0 Å². The molecule has 1 aliphatic heterocycles. The Bertz CT molecular complexity index is 1530. The first-order valence-electron chi connectivity index (χ1n) is 11.3. The molecule has 0 bridgehead atoms. The number of benzene rings is 1. The van der Waals surface area contributed by atoms with E-state index in [1.54, 1.807) is 0 Å². The van der Waals surface area contributed by atoms with Crippen molar-refractivity contribution in [3.63, 3.8) is 0 Å². The van der Waals surface area contributed by atoms with Gasteiger partial charge >= 0.3 is 6.18 Å². The quantitative estimate of drug-likeness (QED) is 0.453. The van der Waals surface area contributed by atoms with Gasteiger partial charge in [0.25, 0.3) is 0 Å². The maximum Gasteiger partial charge on any atom is 0.451 e. The molecule has 3 aromatic rings. The minimum absolute atomic E-state index is 0.0332. The Balaban J connectivity index is 1.56. The van der Waals surface area contributed by atoms with E-state index in [1.165, 1.54) is 13.0 Å². The summed E-state index contributed by atoms with van der Waals surface area (Å²) in [6.45, 7) is 1.01. The van der Waals surface area contributed by atoms with E-state index < -0.39 is 58.4 Å². The SMILES string of the molecule is C[C@H]1[C@H](F)C[C@@H](C(=O)NCc2cc(-c3cnc(C(F)(F)F)nc3)ncc2C#N)N1S(=O)(=O)c1ccc(F)cc1. The second kappa shape index (κ2) is 10.6. The van der Waals surface area contributed by atoms with Crippen molar-refractivity contribution in [1.29, 1.82) is 5.26 Å². The third-order valence-electron chi connectivity index (χ3n) is 6.14. The zero-order valence-electron chi connectivity index (χ0n) is 20.0. The fourth-order valence-electron chi connectivity index (χ4n) is 4.10. The number of alkyl halides is 4. The lowest BCUT2D eigenvalue weighted by Crippen LogP contribution is -2.48. The van der Waals surface area contributed by atoms with E-state index in [9.17, 15) is 40.4 Å². The molecule has 0 aliphatic carbocycles. The summed E-state index contributed by atoms with van der Waals surface area (Å²) in [4.78, 5) is 23.3. The van der Waals surface area contributed by atoms with Gasteiger partial charge in [-0.2, -0.15) is 22.7 Å². The Labute approximate surface area is 219 Å². The van der Waals surface area contributed by atoms with Crippen molar-refractivity contribution in [2.75, 3.05) is 0 Å². The van der Waals surface area contributed by atoms with Crippen molar-refractivity contribution >= 4 is 15.9 Å². The van der Waals surface area contributed by atoms with Crippen LogP contribution in [0.1, 0.15) is 30.3 Å². The molecule has 9 nitrogen and oxygen atoms in total. The molecule has 1 fully saturated rings. The fourth-order valence-corrected chi connectivity index (χ4v) is 5.91. The molecule has 1 amide bonds. The van der Waals surface area contributed by atoms with Gasteiger partial charge in [-0.15, -0.1) is 0 Å². The van der Waals surface area contributed by atoms with Crippen molar-refractivity contribution in [2.45, 2.75) is 49.2 Å². The monoisotopic (exact) mass is 566 g/mol. The van der Waals surface area contributed by atoms with Crippen LogP contribution in [0, 0.1) is 17.1 Å². The Hall–Kier alpha value is -4.03. The van der Waals surface area contributed by atoms with Crippen LogP contribution in [0.3, 0.4) is 0 Å². The minimum Gasteiger partial charge on any atom is -0.351 e. The molecule has 1 saturated heterocycles. The van der Waals surface area contributed by atoms with Crippen LogP contribution in [0.5, 0.6) is 0 Å². The predicted molar refractivity (Wildman–Crippen MR) is 125 cm³/mol. The molecule has 3 atom stereocenters. The standard InChI is InChI=1S/C24H19F5N6O3S/c1-13-19(26)7-21(35(13)39(37,38)18-4-2-17(25)3-5-18)22(36)32-9-14-6-20(31-10-15(14)8-30)16-11-33-23(34-12-16)24(27,28)29/h2-6,10-13,19,21H,7,9H2,1H3,(H,32,36)/t13-,19+,21-/m0/s1. The summed E-state index contributed by atoms with van der Waals surface area (Å²) in [6.07, 6.45) is -3.85. The zero-order chi connectivity index (χ0) is 28.5. The van der Waals surface area contributed by atoms with Gasteiger partial charge in [0.1, 0.15) is 24.1 Å². The highest BCUT2D eigenvalue weighted by molar-refractivity contribution is 7.89. The number of carbonyl (C=O) groups excluding carboxylic acids is 1. The number of nitriles is 1. The van der Waals surface area contributed by atoms with E-state index in [2.05, 4.69) is 20.3 Å². The molecule has 1 aliphatic rings. The second-order valence-electron chi connectivity index (χ2n) is 8.65. The highest BCUT2D eigenvalue weighted by atomic mass is 32.2. The first kappa shape index (κ1) is 28.0. The molecule has 1 aromatic carbocycles. The number of pyridine rings is 1. The number of aromatic nitrogens is 3. The first-order chi connectivity index (χ1) is 18.3. The van der Waals surface area contributed by atoms with Crippen LogP contribution in [0.2, 0.25) is 0 Å². The van der Waals surface area contributed by atoms with Gasteiger partial charge in [0, 0.05) is 37.1 Å². The van der Waals surface area contributed by atoms with Crippen LogP contribution in [-0.4, -0.2) is 51.8 Å². The maximum absolute atomic E-state index is 14.6. The van der Waals surface area contributed by atoms with Crippen LogP contribution in [0.25, 0.3) is 11.3 Å². The molecule has 4 rings (SSSR count). The van der Waals surface area contributed by atoms with Gasteiger partial charge in [-0.25, -0.2) is 27.2 Å². The van der Waals surface area contributed by atoms with Gasteiger partial charge in [-0.3, -0.25) is 9.78 Å². The Morgan fingerprint density at radius 3 is 2.38 bits per heavy atom. The number of nitrogens with zero attached hydrogens (tertiary/aromatic N) is 5. The molecular formula is C24H19F5N6O3S. The van der Waals surface area contributed by atoms with Crippen LogP contribution in [0.4, 0.5) is 22.0 Å². The zero-order valence-corrected chi connectivity index (χ0v) is 20.8. The van der Waals surface area contributed by atoms with Crippen molar-refractivity contribution in [3.05, 3.63) is 71.7 Å². The molecule has 0 radical (unpaired) electrons. The van der Waals surface area contributed by atoms with Crippen molar-refractivity contribution in [1.82, 2.24) is 24.6 Å². The summed E-state index contributed by atoms with van der Waals surface area (Å²) in [5, 5.41) is 11.9. The van der Waals surface area contributed by atoms with Crippen LogP contribution in [0.15, 0.2) is 53.8 Å². The van der Waals surface area contributed by atoms with E-state index in [-0.39, 0.29) is 33.8 Å². The molecule has 15 heteroatoms. The normalized spacial score (nSPS) is 20.0. The van der Waals surface area contributed by atoms with Gasteiger partial charge in [0.2, 0.25) is 21.8 Å². The minimum atomic E-state index is -4.74. The molecule has 1 N–H and O–H groups in total. The Morgan fingerprint density at radius 1 is 1.15 bits per heavy atom. The van der Waals surface area contributed by atoms with Gasteiger partial charge in [-0.05, 0) is 42.8 Å². The Kier molecular flexibility index (Phi) is 7.62. The Morgan fingerprint density at radius 2 is 1.79 bits per heavy atom. The summed E-state index contributed by atoms with van der Waals surface area (Å²) < 4.78 is 93.3. The third kappa shape index (κ3) is 5.71. The van der Waals surface area contributed by atoms with E-state index in [4.69, 9.17) is 0 Å². The number of amides is 1. The number of nitrogens with one attached hydrogen (secondary N) is 1. The molecule has 0 unspecified atom stereocenters. The highest BCUT2D eigenvalue weighted by Gasteiger charge is 2.49. The summed E-state index contributed by atoms with van der Waals surface area (Å²) in [5.41, 5.74) is 0.477. The van der Waals surface area contributed by atoms with Gasteiger partial charge < -0.3 is 5.32 Å². The van der Waals surface area contributed by atoms with Crippen LogP contribution in [-0.2, 0) is 27.5 Å². The smallest absolute Gasteiger partial charge is 0.351 e. The molecular weight excluding hydrogens is 547 g/mol. The molecule has 0 saturated carbocycles. The average molecular weight is 567 g/mol. The van der Waals surface area contributed by atoms with Gasteiger partial charge in [0.15, 0.2) is 0 Å².